The first-order chi connectivity index (χ1) is 9.90. The van der Waals surface area contributed by atoms with E-state index in [1.807, 2.05) is 0 Å². The second kappa shape index (κ2) is 6.54. The van der Waals surface area contributed by atoms with Crippen LogP contribution in [-0.4, -0.2) is 17.1 Å². The van der Waals surface area contributed by atoms with Crippen LogP contribution in [0.25, 0.3) is 10.1 Å². The highest BCUT2D eigenvalue weighted by molar-refractivity contribution is 7.21. The third-order valence-corrected chi connectivity index (χ3v) is 4.60. The zero-order valence-corrected chi connectivity index (χ0v) is 13.3. The molecule has 0 saturated carbocycles. The smallest absolute Gasteiger partial charge is 0.346 e. The number of thiophene rings is 1. The second-order valence-electron chi connectivity index (χ2n) is 5.74. The normalized spacial score (nSPS) is 13.0. The van der Waals surface area contributed by atoms with Crippen molar-refractivity contribution in [1.82, 2.24) is 5.32 Å². The van der Waals surface area contributed by atoms with Gasteiger partial charge in [-0.15, -0.1) is 11.3 Å². The lowest BCUT2D eigenvalue weighted by molar-refractivity contribution is 0.0701. The fraction of sp³-hybridized carbons (Fsp3) is 0.438. The van der Waals surface area contributed by atoms with E-state index in [0.717, 1.165) is 17.8 Å². The van der Waals surface area contributed by atoms with Gasteiger partial charge in [0.15, 0.2) is 0 Å². The van der Waals surface area contributed by atoms with Gasteiger partial charge in [-0.1, -0.05) is 19.9 Å². The minimum atomic E-state index is -0.996. The van der Waals surface area contributed by atoms with Crippen molar-refractivity contribution in [2.24, 2.45) is 5.92 Å². The van der Waals surface area contributed by atoms with Crippen molar-refractivity contribution in [3.05, 3.63) is 34.5 Å². The molecule has 0 saturated heterocycles. The van der Waals surface area contributed by atoms with Gasteiger partial charge < -0.3 is 10.4 Å². The molecule has 1 aromatic carbocycles. The van der Waals surface area contributed by atoms with Crippen LogP contribution >= 0.6 is 11.3 Å². The third-order valence-electron chi connectivity index (χ3n) is 3.41. The molecule has 2 rings (SSSR count). The lowest BCUT2D eigenvalue weighted by Crippen LogP contribution is -2.27. The van der Waals surface area contributed by atoms with E-state index in [-0.39, 0.29) is 16.7 Å². The SMILES string of the molecule is CC(C)CC(C)NCc1c(C(=O)O)sc2cccc(F)c12. The summed E-state index contributed by atoms with van der Waals surface area (Å²) < 4.78 is 14.7. The van der Waals surface area contributed by atoms with Crippen molar-refractivity contribution in [2.45, 2.75) is 39.8 Å². The van der Waals surface area contributed by atoms with Gasteiger partial charge in [-0.2, -0.15) is 0 Å². The second-order valence-corrected chi connectivity index (χ2v) is 6.79. The van der Waals surface area contributed by atoms with Gasteiger partial charge in [-0.05, 0) is 31.4 Å². The highest BCUT2D eigenvalue weighted by Crippen LogP contribution is 2.33. The summed E-state index contributed by atoms with van der Waals surface area (Å²) in [5.74, 6) is -0.795. The molecule has 0 bridgehead atoms. The number of fused-ring (bicyclic) bond motifs is 1. The maximum absolute atomic E-state index is 14.0. The number of aromatic carboxylic acids is 1. The summed E-state index contributed by atoms with van der Waals surface area (Å²) in [5, 5.41) is 13.1. The fourth-order valence-electron chi connectivity index (χ4n) is 2.58. The minimum Gasteiger partial charge on any atom is -0.477 e. The molecule has 5 heteroatoms. The van der Waals surface area contributed by atoms with Crippen molar-refractivity contribution in [1.29, 1.82) is 0 Å². The molecule has 3 nitrogen and oxygen atoms in total. The Morgan fingerprint density at radius 1 is 1.38 bits per heavy atom. The van der Waals surface area contributed by atoms with Crippen LogP contribution in [0.5, 0.6) is 0 Å². The van der Waals surface area contributed by atoms with Crippen LogP contribution in [0.1, 0.15) is 42.4 Å². The van der Waals surface area contributed by atoms with Gasteiger partial charge in [0.05, 0.1) is 0 Å². The van der Waals surface area contributed by atoms with Crippen LogP contribution in [0, 0.1) is 11.7 Å². The van der Waals surface area contributed by atoms with E-state index >= 15 is 0 Å². The summed E-state index contributed by atoms with van der Waals surface area (Å²) in [6, 6.07) is 5.00. The Bertz CT molecular complexity index is 651. The van der Waals surface area contributed by atoms with Crippen LogP contribution in [0.15, 0.2) is 18.2 Å². The van der Waals surface area contributed by atoms with Gasteiger partial charge in [-0.3, -0.25) is 0 Å². The number of benzene rings is 1. The molecular weight excluding hydrogens is 289 g/mol. The standard InChI is InChI=1S/C16H20FNO2S/c1-9(2)7-10(3)18-8-11-14-12(17)5-4-6-13(14)21-15(11)16(19)20/h4-6,9-10,18H,7-8H2,1-3H3,(H,19,20). The molecule has 2 aromatic rings. The molecular formula is C16H20FNO2S. The Morgan fingerprint density at radius 3 is 2.71 bits per heavy atom. The number of hydrogen-bond acceptors (Lipinski definition) is 3. The van der Waals surface area contributed by atoms with Crippen molar-refractivity contribution in [2.75, 3.05) is 0 Å². The van der Waals surface area contributed by atoms with E-state index in [1.165, 1.54) is 6.07 Å². The molecule has 2 N–H and O–H groups in total. The van der Waals surface area contributed by atoms with Gasteiger partial charge in [0.2, 0.25) is 0 Å². The summed E-state index contributed by atoms with van der Waals surface area (Å²) in [7, 11) is 0. The largest absolute Gasteiger partial charge is 0.477 e. The average molecular weight is 309 g/mol. The Balaban J connectivity index is 2.32. The van der Waals surface area contributed by atoms with Crippen LogP contribution < -0.4 is 5.32 Å². The van der Waals surface area contributed by atoms with E-state index in [0.29, 0.717) is 28.1 Å². The van der Waals surface area contributed by atoms with Gasteiger partial charge in [0, 0.05) is 28.2 Å². The van der Waals surface area contributed by atoms with Crippen LogP contribution in [0.3, 0.4) is 0 Å². The summed E-state index contributed by atoms with van der Waals surface area (Å²) in [6.45, 7) is 6.71. The van der Waals surface area contributed by atoms with Gasteiger partial charge in [0.25, 0.3) is 0 Å². The maximum Gasteiger partial charge on any atom is 0.346 e. The minimum absolute atomic E-state index is 0.222. The molecule has 21 heavy (non-hydrogen) atoms. The molecule has 0 aliphatic carbocycles. The van der Waals surface area contributed by atoms with Crippen LogP contribution in [0.2, 0.25) is 0 Å². The number of carboxylic acids is 1. The molecule has 0 aliphatic rings. The number of carboxylic acid groups (broad SMARTS) is 1. The van der Waals surface area contributed by atoms with Crippen molar-refractivity contribution < 1.29 is 14.3 Å². The molecule has 1 unspecified atom stereocenters. The highest BCUT2D eigenvalue weighted by Gasteiger charge is 2.20. The number of carbonyl (C=O) groups is 1. The predicted octanol–water partition coefficient (Wildman–Crippen LogP) is 4.26. The molecule has 1 aromatic heterocycles. The van der Waals surface area contributed by atoms with E-state index in [4.69, 9.17) is 0 Å². The topological polar surface area (TPSA) is 49.3 Å². The first-order valence-corrected chi connectivity index (χ1v) is 7.88. The fourth-order valence-corrected chi connectivity index (χ4v) is 3.65. The Hall–Kier alpha value is -1.46. The van der Waals surface area contributed by atoms with Crippen LogP contribution in [-0.2, 0) is 6.54 Å². The van der Waals surface area contributed by atoms with Crippen molar-refractivity contribution in [3.8, 4) is 0 Å². The van der Waals surface area contributed by atoms with E-state index < -0.39 is 5.97 Å². The zero-order valence-electron chi connectivity index (χ0n) is 12.4. The van der Waals surface area contributed by atoms with E-state index in [2.05, 4.69) is 26.1 Å². The Kier molecular flexibility index (Phi) is 4.96. The maximum atomic E-state index is 14.0. The molecule has 1 atom stereocenters. The lowest BCUT2D eigenvalue weighted by Gasteiger charge is -2.16. The summed E-state index contributed by atoms with van der Waals surface area (Å²) in [4.78, 5) is 11.6. The van der Waals surface area contributed by atoms with E-state index in [1.54, 1.807) is 12.1 Å². The first kappa shape index (κ1) is 15.9. The number of hydrogen-bond donors (Lipinski definition) is 2. The Morgan fingerprint density at radius 2 is 2.10 bits per heavy atom. The van der Waals surface area contributed by atoms with Crippen molar-refractivity contribution >= 4 is 27.4 Å². The summed E-state index contributed by atoms with van der Waals surface area (Å²) in [6.07, 6.45) is 0.993. The number of rotatable bonds is 6. The molecule has 0 radical (unpaired) electrons. The molecule has 0 amide bonds. The van der Waals surface area contributed by atoms with Gasteiger partial charge >= 0.3 is 5.97 Å². The molecule has 0 fully saturated rings. The molecule has 114 valence electrons. The predicted molar refractivity (Wildman–Crippen MR) is 84.5 cm³/mol. The monoisotopic (exact) mass is 309 g/mol. The van der Waals surface area contributed by atoms with Gasteiger partial charge in [-0.25, -0.2) is 9.18 Å². The summed E-state index contributed by atoms with van der Waals surface area (Å²) in [5.41, 5.74) is 0.552. The molecule has 0 aliphatic heterocycles. The zero-order chi connectivity index (χ0) is 15.6. The lowest BCUT2D eigenvalue weighted by atomic mass is 10.0. The molecule has 0 spiro atoms. The Labute approximate surface area is 127 Å². The number of nitrogens with one attached hydrogen (secondary N) is 1. The highest BCUT2D eigenvalue weighted by atomic mass is 32.1. The van der Waals surface area contributed by atoms with Crippen LogP contribution in [0.4, 0.5) is 4.39 Å². The first-order valence-electron chi connectivity index (χ1n) is 7.06. The van der Waals surface area contributed by atoms with Gasteiger partial charge in [0.1, 0.15) is 10.7 Å². The average Bonchev–Trinajstić information content (AvgIpc) is 2.76. The third kappa shape index (κ3) is 3.60. The summed E-state index contributed by atoms with van der Waals surface area (Å²) >= 11 is 1.13. The van der Waals surface area contributed by atoms with Crippen molar-refractivity contribution in [3.63, 3.8) is 0 Å². The molecule has 1 heterocycles. The quantitative estimate of drug-likeness (QED) is 0.838. The van der Waals surface area contributed by atoms with E-state index in [9.17, 15) is 14.3 Å². The number of halogens is 1.